The Morgan fingerprint density at radius 2 is 2.10 bits per heavy atom. The van der Waals surface area contributed by atoms with Crippen molar-refractivity contribution in [3.8, 4) is 0 Å². The molecule has 162 valence electrons. The molecule has 2 aliphatic rings. The molecular formula is C22H28F2N4O2. The summed E-state index contributed by atoms with van der Waals surface area (Å²) in [6.07, 6.45) is 4.30. The summed E-state index contributed by atoms with van der Waals surface area (Å²) in [6, 6.07) is 5.75. The Balaban J connectivity index is 1.64. The molecule has 1 aromatic heterocycles. The number of nitrogens with one attached hydrogen (secondary N) is 1. The molecular weight excluding hydrogens is 390 g/mol. The lowest BCUT2D eigenvalue weighted by atomic mass is 10.0. The lowest BCUT2D eigenvalue weighted by Gasteiger charge is -2.34. The Kier molecular flexibility index (Phi) is 6.32. The van der Waals surface area contributed by atoms with Gasteiger partial charge in [0.1, 0.15) is 5.82 Å². The number of aromatic nitrogens is 2. The van der Waals surface area contributed by atoms with Gasteiger partial charge in [0, 0.05) is 31.7 Å². The van der Waals surface area contributed by atoms with Crippen LogP contribution in [0.25, 0.3) is 0 Å². The summed E-state index contributed by atoms with van der Waals surface area (Å²) < 4.78 is 33.6. The zero-order chi connectivity index (χ0) is 21.1. The van der Waals surface area contributed by atoms with Gasteiger partial charge in [-0.25, -0.2) is 8.78 Å². The molecule has 3 heterocycles. The molecule has 2 saturated heterocycles. The summed E-state index contributed by atoms with van der Waals surface area (Å²) in [7, 11) is 0. The van der Waals surface area contributed by atoms with Crippen molar-refractivity contribution in [2.24, 2.45) is 0 Å². The predicted molar refractivity (Wildman–Crippen MR) is 112 cm³/mol. The first-order valence-corrected chi connectivity index (χ1v) is 10.7. The van der Waals surface area contributed by atoms with E-state index in [-0.39, 0.29) is 17.7 Å². The highest BCUT2D eigenvalue weighted by atomic mass is 19.2. The third kappa shape index (κ3) is 4.64. The monoisotopic (exact) mass is 418 g/mol. The number of hydrogen-bond donors (Lipinski definition) is 1. The van der Waals surface area contributed by atoms with Crippen LogP contribution in [0.4, 0.5) is 20.5 Å². The summed E-state index contributed by atoms with van der Waals surface area (Å²) in [6.45, 7) is 4.66. The molecule has 8 heteroatoms. The first-order chi connectivity index (χ1) is 14.5. The van der Waals surface area contributed by atoms with Crippen molar-refractivity contribution in [2.75, 3.05) is 36.0 Å². The Morgan fingerprint density at radius 3 is 2.93 bits per heavy atom. The molecule has 6 nitrogen and oxygen atoms in total. The van der Waals surface area contributed by atoms with Gasteiger partial charge in [-0.1, -0.05) is 25.0 Å². The van der Waals surface area contributed by atoms with E-state index in [1.54, 1.807) is 6.07 Å². The van der Waals surface area contributed by atoms with Gasteiger partial charge in [0.05, 0.1) is 12.7 Å². The van der Waals surface area contributed by atoms with Crippen LogP contribution in [0.2, 0.25) is 0 Å². The van der Waals surface area contributed by atoms with Crippen molar-refractivity contribution >= 4 is 11.8 Å². The fourth-order valence-corrected chi connectivity index (χ4v) is 4.39. The number of hydrogen-bond acceptors (Lipinski definition) is 5. The third-order valence-corrected chi connectivity index (χ3v) is 5.92. The number of anilines is 2. The molecule has 2 atom stereocenters. The van der Waals surface area contributed by atoms with E-state index >= 15 is 0 Å². The SMILES string of the molecule is C[C@@H]1CN(c2cc(=O)[nH]c(N3CCCCC[C@@H]3Cc3cccc(F)c3F)n2)CCO1. The van der Waals surface area contributed by atoms with E-state index < -0.39 is 11.6 Å². The second-order valence-corrected chi connectivity index (χ2v) is 8.17. The topological polar surface area (TPSA) is 61.5 Å². The molecule has 0 aliphatic carbocycles. The van der Waals surface area contributed by atoms with Gasteiger partial charge in [0.2, 0.25) is 5.95 Å². The van der Waals surface area contributed by atoms with Gasteiger partial charge in [-0.2, -0.15) is 4.98 Å². The molecule has 1 aromatic carbocycles. The minimum Gasteiger partial charge on any atom is -0.375 e. The van der Waals surface area contributed by atoms with Crippen LogP contribution >= 0.6 is 0 Å². The molecule has 0 radical (unpaired) electrons. The molecule has 0 amide bonds. The minimum atomic E-state index is -0.831. The molecule has 2 aromatic rings. The van der Waals surface area contributed by atoms with E-state index in [0.717, 1.165) is 31.7 Å². The molecule has 30 heavy (non-hydrogen) atoms. The third-order valence-electron chi connectivity index (χ3n) is 5.92. The van der Waals surface area contributed by atoms with Crippen LogP contribution in [0.15, 0.2) is 29.1 Å². The Bertz CT molecular complexity index is 936. The molecule has 0 unspecified atom stereocenters. The molecule has 0 saturated carbocycles. The first-order valence-electron chi connectivity index (χ1n) is 10.7. The number of halogens is 2. The normalized spacial score (nSPS) is 22.8. The molecule has 2 fully saturated rings. The van der Waals surface area contributed by atoms with Crippen LogP contribution in [-0.2, 0) is 11.2 Å². The van der Waals surface area contributed by atoms with Crippen molar-refractivity contribution < 1.29 is 13.5 Å². The quantitative estimate of drug-likeness (QED) is 0.826. The Hall–Kier alpha value is -2.48. The number of morpholine rings is 1. The van der Waals surface area contributed by atoms with Gasteiger partial charge in [-0.05, 0) is 37.8 Å². The Labute approximate surface area is 174 Å². The van der Waals surface area contributed by atoms with Crippen LogP contribution in [-0.4, -0.2) is 48.4 Å². The van der Waals surface area contributed by atoms with Crippen LogP contribution in [0.1, 0.15) is 38.2 Å². The van der Waals surface area contributed by atoms with E-state index in [9.17, 15) is 13.6 Å². The van der Waals surface area contributed by atoms with Gasteiger partial charge in [-0.15, -0.1) is 0 Å². The summed E-state index contributed by atoms with van der Waals surface area (Å²) in [5.74, 6) is -0.494. The fraction of sp³-hybridized carbons (Fsp3) is 0.545. The molecule has 0 spiro atoms. The van der Waals surface area contributed by atoms with E-state index in [4.69, 9.17) is 9.72 Å². The highest BCUT2D eigenvalue weighted by Crippen LogP contribution is 2.26. The Morgan fingerprint density at radius 1 is 1.23 bits per heavy atom. The van der Waals surface area contributed by atoms with E-state index in [2.05, 4.69) is 14.8 Å². The van der Waals surface area contributed by atoms with E-state index in [1.807, 2.05) is 6.92 Å². The van der Waals surface area contributed by atoms with E-state index in [1.165, 1.54) is 12.1 Å². The van der Waals surface area contributed by atoms with Gasteiger partial charge >= 0.3 is 0 Å². The molecule has 2 aliphatic heterocycles. The highest BCUT2D eigenvalue weighted by molar-refractivity contribution is 5.45. The maximum atomic E-state index is 14.3. The van der Waals surface area contributed by atoms with Gasteiger partial charge < -0.3 is 14.5 Å². The van der Waals surface area contributed by atoms with Gasteiger partial charge in [0.15, 0.2) is 11.6 Å². The van der Waals surface area contributed by atoms with Gasteiger partial charge in [-0.3, -0.25) is 9.78 Å². The zero-order valence-corrected chi connectivity index (χ0v) is 17.2. The van der Waals surface area contributed by atoms with Crippen molar-refractivity contribution in [3.63, 3.8) is 0 Å². The van der Waals surface area contributed by atoms with Crippen LogP contribution in [0, 0.1) is 11.6 Å². The van der Waals surface area contributed by atoms with Crippen LogP contribution in [0.3, 0.4) is 0 Å². The average molecular weight is 418 g/mol. The van der Waals surface area contributed by atoms with Crippen molar-refractivity contribution in [1.82, 2.24) is 9.97 Å². The number of rotatable bonds is 4. The fourth-order valence-electron chi connectivity index (χ4n) is 4.39. The first kappa shape index (κ1) is 20.8. The maximum absolute atomic E-state index is 14.3. The van der Waals surface area contributed by atoms with E-state index in [0.29, 0.717) is 50.0 Å². The number of benzene rings is 1. The molecule has 0 bridgehead atoms. The summed E-state index contributed by atoms with van der Waals surface area (Å²) in [5, 5.41) is 0. The van der Waals surface area contributed by atoms with Crippen LogP contribution in [0.5, 0.6) is 0 Å². The summed E-state index contributed by atoms with van der Waals surface area (Å²) in [5.41, 5.74) is 0.140. The second kappa shape index (κ2) is 9.12. The lowest BCUT2D eigenvalue weighted by Crippen LogP contribution is -2.43. The maximum Gasteiger partial charge on any atom is 0.254 e. The summed E-state index contributed by atoms with van der Waals surface area (Å²) in [4.78, 5) is 24.2. The number of aromatic amines is 1. The van der Waals surface area contributed by atoms with Crippen molar-refractivity contribution in [2.45, 2.75) is 51.2 Å². The predicted octanol–water partition coefficient (Wildman–Crippen LogP) is 3.26. The van der Waals surface area contributed by atoms with Crippen molar-refractivity contribution in [3.05, 3.63) is 51.8 Å². The van der Waals surface area contributed by atoms with Crippen molar-refractivity contribution in [1.29, 1.82) is 0 Å². The molecule has 4 rings (SSSR count). The summed E-state index contributed by atoms with van der Waals surface area (Å²) >= 11 is 0. The van der Waals surface area contributed by atoms with Gasteiger partial charge in [0.25, 0.3) is 5.56 Å². The number of ether oxygens (including phenoxy) is 1. The second-order valence-electron chi connectivity index (χ2n) is 8.17. The smallest absolute Gasteiger partial charge is 0.254 e. The lowest BCUT2D eigenvalue weighted by molar-refractivity contribution is 0.0529. The highest BCUT2D eigenvalue weighted by Gasteiger charge is 2.26. The zero-order valence-electron chi connectivity index (χ0n) is 17.2. The minimum absolute atomic E-state index is 0.0641. The van der Waals surface area contributed by atoms with Crippen LogP contribution < -0.4 is 15.4 Å². The number of nitrogens with zero attached hydrogens (tertiary/aromatic N) is 3. The average Bonchev–Trinajstić information content (AvgIpc) is 2.96. The largest absolute Gasteiger partial charge is 0.375 e. The molecule has 1 N–H and O–H groups in total. The standard InChI is InChI=1S/C22H28F2N4O2/c1-15-14-27(10-11-30-15)19-13-20(29)26-22(25-19)28-9-4-2-3-7-17(28)12-16-6-5-8-18(23)21(16)24/h5-6,8,13,15,17H,2-4,7,9-12,14H2,1H3,(H,25,26,29)/t15-,17-/m1/s1. The number of H-pyrrole nitrogens is 1.